The largest absolute Gasteiger partial charge is 0.471 e. The Morgan fingerprint density at radius 1 is 1.11 bits per heavy atom. The highest BCUT2D eigenvalue weighted by Gasteiger charge is 2.43. The molecule has 2 aliphatic rings. The van der Waals surface area contributed by atoms with Crippen LogP contribution in [-0.4, -0.2) is 53.5 Å². The second-order valence-corrected chi connectivity index (χ2v) is 14.3. The van der Waals surface area contributed by atoms with E-state index in [9.17, 15) is 26.0 Å². The van der Waals surface area contributed by atoms with Crippen LogP contribution in [0, 0.1) is 5.82 Å². The van der Waals surface area contributed by atoms with Crippen molar-refractivity contribution in [2.45, 2.75) is 50.6 Å². The number of likely N-dealkylation sites (tertiary alicyclic amines) is 1. The Bertz CT molecular complexity index is 1880. The van der Waals surface area contributed by atoms with Crippen molar-refractivity contribution in [3.63, 3.8) is 0 Å². The number of fused-ring (bicyclic) bond motifs is 1. The Labute approximate surface area is 267 Å². The summed E-state index contributed by atoms with van der Waals surface area (Å²) in [5.74, 6) is -2.57. The summed E-state index contributed by atoms with van der Waals surface area (Å²) in [6, 6.07) is 11.6. The molecular weight excluding hydrogens is 652 g/mol. The zero-order valence-electron chi connectivity index (χ0n) is 24.8. The second-order valence-electron chi connectivity index (χ2n) is 11.6. The maximum absolute atomic E-state index is 14.8. The fourth-order valence-electron chi connectivity index (χ4n) is 5.82. The number of pyridine rings is 1. The zero-order chi connectivity index (χ0) is 32.9. The fourth-order valence-corrected chi connectivity index (χ4v) is 6.57. The Morgan fingerprint density at radius 2 is 1.87 bits per heavy atom. The third kappa shape index (κ3) is 6.83. The number of halogens is 5. The van der Waals surface area contributed by atoms with E-state index in [4.69, 9.17) is 21.1 Å². The molecule has 4 heterocycles. The lowest BCUT2D eigenvalue weighted by atomic mass is 9.88. The maximum Gasteiger partial charge on any atom is 0.471 e. The number of hydrogen-bond acceptors (Lipinski definition) is 9. The third-order valence-corrected chi connectivity index (χ3v) is 9.34. The minimum absolute atomic E-state index is 0.121. The summed E-state index contributed by atoms with van der Waals surface area (Å²) in [6.45, 7) is 3.45. The molecule has 4 aromatic rings. The van der Waals surface area contributed by atoms with Crippen molar-refractivity contribution in [2.75, 3.05) is 25.1 Å². The first-order chi connectivity index (χ1) is 21.7. The van der Waals surface area contributed by atoms with Gasteiger partial charge in [-0.15, -0.1) is 0 Å². The summed E-state index contributed by atoms with van der Waals surface area (Å²) in [6.07, 6.45) is -0.653. The summed E-state index contributed by atoms with van der Waals surface area (Å²) in [4.78, 5) is 10.1. The van der Waals surface area contributed by atoms with Crippen molar-refractivity contribution in [3.05, 3.63) is 87.8 Å². The molecule has 6 rings (SSSR count). The van der Waals surface area contributed by atoms with Crippen LogP contribution in [0.4, 0.5) is 17.6 Å². The highest BCUT2D eigenvalue weighted by molar-refractivity contribution is 7.90. The van der Waals surface area contributed by atoms with E-state index >= 15 is 0 Å². The Morgan fingerprint density at radius 3 is 2.54 bits per heavy atom. The van der Waals surface area contributed by atoms with Crippen molar-refractivity contribution < 1.29 is 40.0 Å². The number of nitrogens with zero attached hydrogens (tertiary/aromatic N) is 4. The van der Waals surface area contributed by atoms with Crippen molar-refractivity contribution >= 4 is 21.4 Å². The molecule has 1 atom stereocenters. The predicted molar refractivity (Wildman–Crippen MR) is 160 cm³/mol. The van der Waals surface area contributed by atoms with Crippen LogP contribution in [0.1, 0.15) is 54.0 Å². The minimum atomic E-state index is -4.79. The number of aryl methyl sites for hydroxylation is 1. The molecule has 0 aliphatic carbocycles. The monoisotopic (exact) mass is 680 g/mol. The van der Waals surface area contributed by atoms with Crippen LogP contribution in [-0.2, 0) is 34.8 Å². The van der Waals surface area contributed by atoms with E-state index in [1.54, 1.807) is 31.2 Å². The van der Waals surface area contributed by atoms with Gasteiger partial charge in [-0.2, -0.15) is 18.2 Å². The molecule has 0 amide bonds. The number of piperidine rings is 1. The van der Waals surface area contributed by atoms with Gasteiger partial charge in [0.05, 0.1) is 17.0 Å². The maximum atomic E-state index is 14.8. The second kappa shape index (κ2) is 12.1. The van der Waals surface area contributed by atoms with Gasteiger partial charge in [-0.05, 0) is 74.2 Å². The molecule has 0 spiro atoms. The first-order valence-electron chi connectivity index (χ1n) is 14.4. The Balaban J connectivity index is 1.17. The molecule has 15 heteroatoms. The molecule has 1 unspecified atom stereocenters. The van der Waals surface area contributed by atoms with Gasteiger partial charge in [0.15, 0.2) is 11.5 Å². The topological polar surface area (TPSA) is 108 Å². The van der Waals surface area contributed by atoms with Gasteiger partial charge in [0.1, 0.15) is 15.7 Å². The van der Waals surface area contributed by atoms with Crippen LogP contribution in [0.15, 0.2) is 53.2 Å². The first-order valence-corrected chi connectivity index (χ1v) is 16.9. The predicted octanol–water partition coefficient (Wildman–Crippen LogP) is 6.55. The molecule has 0 bridgehead atoms. The number of alkyl halides is 3. The highest BCUT2D eigenvalue weighted by Crippen LogP contribution is 2.50. The van der Waals surface area contributed by atoms with Gasteiger partial charge in [0, 0.05) is 42.1 Å². The van der Waals surface area contributed by atoms with Gasteiger partial charge in [0.2, 0.25) is 5.82 Å². The van der Waals surface area contributed by atoms with Crippen LogP contribution in [0.2, 0.25) is 5.02 Å². The highest BCUT2D eigenvalue weighted by atomic mass is 35.5. The lowest BCUT2D eigenvalue weighted by molar-refractivity contribution is -0.159. The summed E-state index contributed by atoms with van der Waals surface area (Å²) in [5.41, 5.74) is 2.58. The molecule has 2 aliphatic heterocycles. The van der Waals surface area contributed by atoms with Crippen molar-refractivity contribution in [2.24, 2.45) is 0 Å². The van der Waals surface area contributed by atoms with E-state index in [2.05, 4.69) is 24.5 Å². The van der Waals surface area contributed by atoms with Crippen molar-refractivity contribution in [1.29, 1.82) is 0 Å². The number of sulfone groups is 1. The Hall–Kier alpha value is -3.75. The number of benzene rings is 2. The number of rotatable bonds is 8. The molecule has 2 aromatic heterocycles. The Kier molecular flexibility index (Phi) is 8.49. The zero-order valence-corrected chi connectivity index (χ0v) is 26.3. The summed E-state index contributed by atoms with van der Waals surface area (Å²) >= 11 is 5.94. The van der Waals surface area contributed by atoms with Crippen LogP contribution in [0.25, 0.3) is 11.4 Å². The van der Waals surface area contributed by atoms with E-state index in [1.807, 2.05) is 12.1 Å². The van der Waals surface area contributed by atoms with Gasteiger partial charge >= 0.3 is 12.1 Å². The molecule has 2 aromatic carbocycles. The number of ether oxygens (including phenoxy) is 2. The van der Waals surface area contributed by atoms with Crippen molar-refractivity contribution in [1.82, 2.24) is 20.0 Å². The lowest BCUT2D eigenvalue weighted by Gasteiger charge is -2.33. The lowest BCUT2D eigenvalue weighted by Crippen LogP contribution is -2.34. The standard InChI is InChI=1S/C31H29ClF4N4O5S/c1-30(23-7-6-21(32)15-24(23)33)43-26-5-3-4-22(27(26)44-30)18-8-11-40(12-9-18)17-25-19(10-13-46(2,41)42)14-20(16-37-25)28-38-29(45-39-28)31(34,35)36/h3-7,14-16,18H,8-13,17H2,1-2H3. The normalized spacial score (nSPS) is 19.1. The van der Waals surface area contributed by atoms with E-state index < -0.39 is 33.5 Å². The molecule has 9 nitrogen and oxygen atoms in total. The van der Waals surface area contributed by atoms with Crippen LogP contribution >= 0.6 is 11.6 Å². The smallest absolute Gasteiger partial charge is 0.444 e. The molecule has 1 saturated heterocycles. The van der Waals surface area contributed by atoms with E-state index in [0.29, 0.717) is 42.4 Å². The average molecular weight is 681 g/mol. The average Bonchev–Trinajstić information content (AvgIpc) is 3.62. The number of para-hydroxylation sites is 1. The van der Waals surface area contributed by atoms with Gasteiger partial charge in [-0.25, -0.2) is 12.8 Å². The van der Waals surface area contributed by atoms with E-state index in [0.717, 1.165) is 24.7 Å². The SMILES string of the molecule is CC1(c2ccc(Cl)cc2F)Oc2cccc(C3CCN(Cc4ncc(-c5noc(C(F)(F)F)n5)cc4CCS(C)(=O)=O)CC3)c2O1. The quantitative estimate of drug-likeness (QED) is 0.191. The van der Waals surface area contributed by atoms with Gasteiger partial charge in [-0.3, -0.25) is 9.88 Å². The summed E-state index contributed by atoms with van der Waals surface area (Å²) < 4.78 is 94.4. The molecule has 46 heavy (non-hydrogen) atoms. The summed E-state index contributed by atoms with van der Waals surface area (Å²) in [5, 5.41) is 3.70. The molecule has 0 radical (unpaired) electrons. The molecule has 0 N–H and O–H groups in total. The van der Waals surface area contributed by atoms with Gasteiger partial charge in [0.25, 0.3) is 5.79 Å². The molecular formula is C31H29ClF4N4O5S. The van der Waals surface area contributed by atoms with Crippen LogP contribution in [0.3, 0.4) is 0 Å². The molecule has 0 saturated carbocycles. The fraction of sp³-hybridized carbons (Fsp3) is 0.387. The van der Waals surface area contributed by atoms with E-state index in [1.165, 1.54) is 12.3 Å². The van der Waals surface area contributed by atoms with Gasteiger partial charge < -0.3 is 14.0 Å². The third-order valence-electron chi connectivity index (χ3n) is 8.16. The summed E-state index contributed by atoms with van der Waals surface area (Å²) in [7, 11) is -3.33. The van der Waals surface area contributed by atoms with Crippen molar-refractivity contribution in [3.8, 4) is 22.9 Å². The number of aromatic nitrogens is 3. The van der Waals surface area contributed by atoms with Crippen LogP contribution < -0.4 is 9.47 Å². The van der Waals surface area contributed by atoms with Crippen LogP contribution in [0.5, 0.6) is 11.5 Å². The molecule has 1 fully saturated rings. The molecule has 244 valence electrons. The number of hydrogen-bond donors (Lipinski definition) is 0. The van der Waals surface area contributed by atoms with E-state index in [-0.39, 0.29) is 40.1 Å². The van der Waals surface area contributed by atoms with Gasteiger partial charge in [-0.1, -0.05) is 28.9 Å². The first kappa shape index (κ1) is 32.2. The minimum Gasteiger partial charge on any atom is -0.444 e.